The van der Waals surface area contributed by atoms with E-state index < -0.39 is 0 Å². The summed E-state index contributed by atoms with van der Waals surface area (Å²) in [5.41, 5.74) is 2.09. The summed E-state index contributed by atoms with van der Waals surface area (Å²) >= 11 is 0. The van der Waals surface area contributed by atoms with Crippen LogP contribution in [-0.4, -0.2) is 31.5 Å². The maximum absolute atomic E-state index is 12.5. The molecule has 2 heterocycles. The fourth-order valence-corrected chi connectivity index (χ4v) is 3.18. The van der Waals surface area contributed by atoms with Crippen LogP contribution < -0.4 is 10.1 Å². The number of amides is 1. The van der Waals surface area contributed by atoms with E-state index in [2.05, 4.69) is 5.32 Å². The second kappa shape index (κ2) is 7.17. The lowest BCUT2D eigenvalue weighted by molar-refractivity contribution is -0.117. The summed E-state index contributed by atoms with van der Waals surface area (Å²) in [6.07, 6.45) is 1.62. The number of hydrogen-bond acceptors (Lipinski definition) is 5. The molecule has 2 aromatic carbocycles. The van der Waals surface area contributed by atoms with Crippen LogP contribution in [0.15, 0.2) is 63.6 Å². The Labute approximate surface area is 156 Å². The van der Waals surface area contributed by atoms with Crippen LogP contribution in [0.4, 0.5) is 5.69 Å². The normalized spacial score (nSPS) is 11.4. The molecule has 0 bridgehead atoms. The van der Waals surface area contributed by atoms with Gasteiger partial charge in [0, 0.05) is 16.8 Å². The smallest absolute Gasteiger partial charge is 0.238 e. The Morgan fingerprint density at radius 2 is 1.96 bits per heavy atom. The zero-order valence-corrected chi connectivity index (χ0v) is 15.2. The van der Waals surface area contributed by atoms with Gasteiger partial charge in [-0.3, -0.25) is 9.69 Å². The molecule has 0 radical (unpaired) electrons. The van der Waals surface area contributed by atoms with Gasteiger partial charge in [0.05, 0.1) is 32.1 Å². The second-order valence-electron chi connectivity index (χ2n) is 6.45. The predicted octanol–water partition coefficient (Wildman–Crippen LogP) is 4.26. The van der Waals surface area contributed by atoms with Crippen molar-refractivity contribution in [3.63, 3.8) is 0 Å². The Hall–Kier alpha value is -3.25. The van der Waals surface area contributed by atoms with Crippen LogP contribution in [0.3, 0.4) is 0 Å². The van der Waals surface area contributed by atoms with Crippen LogP contribution in [0.5, 0.6) is 5.75 Å². The van der Waals surface area contributed by atoms with Gasteiger partial charge in [-0.05, 0) is 31.3 Å². The number of carbonyl (C=O) groups is 1. The van der Waals surface area contributed by atoms with E-state index in [0.29, 0.717) is 23.6 Å². The van der Waals surface area contributed by atoms with Gasteiger partial charge >= 0.3 is 0 Å². The monoisotopic (exact) mass is 364 g/mol. The molecular formula is C21H20N2O4. The van der Waals surface area contributed by atoms with Crippen molar-refractivity contribution < 1.29 is 18.4 Å². The lowest BCUT2D eigenvalue weighted by Gasteiger charge is -2.16. The third-order valence-corrected chi connectivity index (χ3v) is 4.39. The van der Waals surface area contributed by atoms with Gasteiger partial charge in [-0.2, -0.15) is 0 Å². The lowest BCUT2D eigenvalue weighted by atomic mass is 10.1. The van der Waals surface area contributed by atoms with Gasteiger partial charge in [-0.15, -0.1) is 0 Å². The van der Waals surface area contributed by atoms with Crippen molar-refractivity contribution in [3.8, 4) is 5.75 Å². The van der Waals surface area contributed by atoms with Crippen molar-refractivity contribution >= 4 is 33.5 Å². The molecule has 0 aliphatic rings. The molecule has 0 unspecified atom stereocenters. The SMILES string of the molecule is COc1cc2c(cc1NC(=O)CN(C)Cc1ccco1)oc1ccccc12. The Balaban J connectivity index is 1.55. The number of fused-ring (bicyclic) bond motifs is 3. The first kappa shape index (κ1) is 17.2. The highest BCUT2D eigenvalue weighted by atomic mass is 16.5. The van der Waals surface area contributed by atoms with Crippen LogP contribution in [0.2, 0.25) is 0 Å². The number of methoxy groups -OCH3 is 1. The fraction of sp³-hybridized carbons (Fsp3) is 0.190. The number of furan rings is 2. The number of likely N-dealkylation sites (N-methyl/N-ethyl adjacent to an activating group) is 1. The largest absolute Gasteiger partial charge is 0.495 e. The molecule has 4 aromatic rings. The zero-order valence-electron chi connectivity index (χ0n) is 15.2. The van der Waals surface area contributed by atoms with E-state index in [1.165, 1.54) is 0 Å². The van der Waals surface area contributed by atoms with Crippen molar-refractivity contribution in [2.24, 2.45) is 0 Å². The van der Waals surface area contributed by atoms with E-state index >= 15 is 0 Å². The Bertz CT molecular complexity index is 1080. The summed E-state index contributed by atoms with van der Waals surface area (Å²) < 4.78 is 16.7. The Morgan fingerprint density at radius 1 is 1.11 bits per heavy atom. The molecule has 0 saturated carbocycles. The van der Waals surface area contributed by atoms with Crippen molar-refractivity contribution in [3.05, 3.63) is 60.6 Å². The molecule has 4 rings (SSSR count). The number of hydrogen-bond donors (Lipinski definition) is 1. The summed E-state index contributed by atoms with van der Waals surface area (Å²) in [6.45, 7) is 0.780. The van der Waals surface area contributed by atoms with Crippen molar-refractivity contribution in [1.29, 1.82) is 0 Å². The maximum Gasteiger partial charge on any atom is 0.238 e. The van der Waals surface area contributed by atoms with E-state index in [0.717, 1.165) is 22.1 Å². The lowest BCUT2D eigenvalue weighted by Crippen LogP contribution is -2.29. The van der Waals surface area contributed by atoms with E-state index in [-0.39, 0.29) is 12.5 Å². The first-order valence-electron chi connectivity index (χ1n) is 8.64. The average Bonchev–Trinajstić information content (AvgIpc) is 3.27. The van der Waals surface area contributed by atoms with Gasteiger partial charge in [0.1, 0.15) is 22.7 Å². The molecule has 0 fully saturated rings. The summed E-state index contributed by atoms with van der Waals surface area (Å²) in [7, 11) is 3.45. The number of benzene rings is 2. The van der Waals surface area contributed by atoms with Crippen molar-refractivity contribution in [2.75, 3.05) is 26.0 Å². The molecule has 27 heavy (non-hydrogen) atoms. The van der Waals surface area contributed by atoms with E-state index in [9.17, 15) is 4.79 Å². The Morgan fingerprint density at radius 3 is 2.74 bits per heavy atom. The minimum absolute atomic E-state index is 0.141. The van der Waals surface area contributed by atoms with Crippen LogP contribution in [0.25, 0.3) is 21.9 Å². The van der Waals surface area contributed by atoms with Crippen molar-refractivity contribution in [1.82, 2.24) is 4.90 Å². The highest BCUT2D eigenvalue weighted by molar-refractivity contribution is 6.07. The van der Waals surface area contributed by atoms with Gasteiger partial charge in [-0.1, -0.05) is 18.2 Å². The summed E-state index contributed by atoms with van der Waals surface area (Å²) in [5, 5.41) is 4.88. The molecule has 2 aromatic heterocycles. The number of carbonyl (C=O) groups excluding carboxylic acids is 1. The van der Waals surface area contributed by atoms with Gasteiger partial charge < -0.3 is 18.9 Å². The van der Waals surface area contributed by atoms with Crippen LogP contribution >= 0.6 is 0 Å². The van der Waals surface area contributed by atoms with Crippen LogP contribution in [0, 0.1) is 0 Å². The average molecular weight is 364 g/mol. The van der Waals surface area contributed by atoms with Crippen LogP contribution in [0.1, 0.15) is 5.76 Å². The number of rotatable bonds is 6. The fourth-order valence-electron chi connectivity index (χ4n) is 3.18. The number of nitrogens with zero attached hydrogens (tertiary/aromatic N) is 1. The molecule has 1 amide bonds. The third kappa shape index (κ3) is 3.52. The first-order chi connectivity index (χ1) is 13.1. The van der Waals surface area contributed by atoms with E-state index in [4.69, 9.17) is 13.6 Å². The number of ether oxygens (including phenoxy) is 1. The highest BCUT2D eigenvalue weighted by Gasteiger charge is 2.15. The number of nitrogens with one attached hydrogen (secondary N) is 1. The third-order valence-electron chi connectivity index (χ3n) is 4.39. The molecule has 0 aliphatic carbocycles. The molecular weight excluding hydrogens is 344 g/mol. The molecule has 6 heteroatoms. The molecule has 0 atom stereocenters. The number of para-hydroxylation sites is 1. The van der Waals surface area contributed by atoms with Gasteiger partial charge in [0.2, 0.25) is 5.91 Å². The summed E-state index contributed by atoms with van der Waals surface area (Å²) in [4.78, 5) is 14.3. The van der Waals surface area contributed by atoms with Gasteiger partial charge in [-0.25, -0.2) is 0 Å². The zero-order chi connectivity index (χ0) is 18.8. The van der Waals surface area contributed by atoms with Crippen LogP contribution in [-0.2, 0) is 11.3 Å². The maximum atomic E-state index is 12.5. The van der Waals surface area contributed by atoms with E-state index in [1.54, 1.807) is 19.4 Å². The predicted molar refractivity (Wildman–Crippen MR) is 104 cm³/mol. The molecule has 138 valence electrons. The molecule has 0 spiro atoms. The molecule has 0 aliphatic heterocycles. The molecule has 6 nitrogen and oxygen atoms in total. The van der Waals surface area contributed by atoms with Gasteiger partial charge in [0.25, 0.3) is 0 Å². The second-order valence-corrected chi connectivity index (χ2v) is 6.45. The first-order valence-corrected chi connectivity index (χ1v) is 8.64. The highest BCUT2D eigenvalue weighted by Crippen LogP contribution is 2.36. The van der Waals surface area contributed by atoms with Gasteiger partial charge in [0.15, 0.2) is 0 Å². The minimum Gasteiger partial charge on any atom is -0.495 e. The summed E-state index contributed by atoms with van der Waals surface area (Å²) in [6, 6.07) is 15.2. The Kier molecular flexibility index (Phi) is 4.56. The summed E-state index contributed by atoms with van der Waals surface area (Å²) in [5.74, 6) is 1.26. The van der Waals surface area contributed by atoms with Crippen molar-refractivity contribution in [2.45, 2.75) is 6.54 Å². The molecule has 0 saturated heterocycles. The van der Waals surface area contributed by atoms with E-state index in [1.807, 2.05) is 54.4 Å². The standard InChI is InChI=1S/C21H20N2O4/c1-23(12-14-6-5-9-26-14)13-21(24)22-17-11-19-16(10-20(17)25-2)15-7-3-4-8-18(15)27-19/h3-11H,12-13H2,1-2H3,(H,22,24). The molecule has 1 N–H and O–H groups in total. The number of anilines is 1. The quantitative estimate of drug-likeness (QED) is 0.554. The topological polar surface area (TPSA) is 67.8 Å². The minimum atomic E-state index is -0.141.